The highest BCUT2D eigenvalue weighted by Gasteiger charge is 2.17. The number of halogens is 1. The van der Waals surface area contributed by atoms with Crippen molar-refractivity contribution >= 4 is 15.9 Å². The smallest absolute Gasteiger partial charge is 0.122 e. The van der Waals surface area contributed by atoms with Gasteiger partial charge in [-0.1, -0.05) is 12.1 Å². The number of hydrogen-bond donors (Lipinski definition) is 1. The van der Waals surface area contributed by atoms with Crippen molar-refractivity contribution < 1.29 is 4.74 Å². The molecule has 18 heavy (non-hydrogen) atoms. The molecule has 2 rings (SSSR count). The maximum Gasteiger partial charge on any atom is 0.122 e. The van der Waals surface area contributed by atoms with Crippen LogP contribution in [0.2, 0.25) is 0 Å². The Morgan fingerprint density at radius 1 is 1.44 bits per heavy atom. The Labute approximate surface area is 115 Å². The molecule has 1 unspecified atom stereocenters. The van der Waals surface area contributed by atoms with Gasteiger partial charge in [0.2, 0.25) is 0 Å². The molecule has 5 heteroatoms. The number of aryl methyl sites for hydroxylation is 2. The van der Waals surface area contributed by atoms with Crippen molar-refractivity contribution in [1.82, 2.24) is 9.78 Å². The summed E-state index contributed by atoms with van der Waals surface area (Å²) >= 11 is 3.47. The summed E-state index contributed by atoms with van der Waals surface area (Å²) < 4.78 is 8.02. The van der Waals surface area contributed by atoms with Crippen molar-refractivity contribution in [2.24, 2.45) is 12.8 Å². The van der Waals surface area contributed by atoms with Crippen LogP contribution in [0.1, 0.15) is 22.9 Å². The minimum absolute atomic E-state index is 0.235. The van der Waals surface area contributed by atoms with Gasteiger partial charge >= 0.3 is 0 Å². The zero-order valence-electron chi connectivity index (χ0n) is 10.6. The van der Waals surface area contributed by atoms with E-state index in [0.717, 1.165) is 27.0 Å². The number of aromatic nitrogens is 2. The molecule has 1 heterocycles. The molecule has 0 bridgehead atoms. The van der Waals surface area contributed by atoms with E-state index in [4.69, 9.17) is 10.5 Å². The van der Waals surface area contributed by atoms with Crippen LogP contribution in [0.15, 0.2) is 28.9 Å². The summed E-state index contributed by atoms with van der Waals surface area (Å²) in [6.07, 6.45) is 1.75. The first-order valence-corrected chi connectivity index (χ1v) is 6.41. The van der Waals surface area contributed by atoms with E-state index in [2.05, 4.69) is 21.0 Å². The van der Waals surface area contributed by atoms with Crippen molar-refractivity contribution in [3.05, 3.63) is 45.7 Å². The van der Waals surface area contributed by atoms with E-state index in [1.165, 1.54) is 0 Å². The molecule has 2 N–H and O–H groups in total. The third-order valence-electron chi connectivity index (χ3n) is 3.02. The van der Waals surface area contributed by atoms with E-state index in [-0.39, 0.29) is 6.04 Å². The van der Waals surface area contributed by atoms with Crippen molar-refractivity contribution in [3.63, 3.8) is 0 Å². The lowest BCUT2D eigenvalue weighted by Gasteiger charge is -2.15. The molecule has 0 fully saturated rings. The van der Waals surface area contributed by atoms with Crippen molar-refractivity contribution in [2.45, 2.75) is 13.0 Å². The molecule has 0 aliphatic carbocycles. The number of rotatable bonds is 3. The molecule has 0 saturated heterocycles. The average Bonchev–Trinajstić information content (AvgIpc) is 2.69. The summed E-state index contributed by atoms with van der Waals surface area (Å²) in [6.45, 7) is 2.01. The largest absolute Gasteiger partial charge is 0.496 e. The first-order chi connectivity index (χ1) is 8.54. The quantitative estimate of drug-likeness (QED) is 0.948. The fourth-order valence-electron chi connectivity index (χ4n) is 1.96. The number of nitrogens with zero attached hydrogens (tertiary/aromatic N) is 2. The lowest BCUT2D eigenvalue weighted by Crippen LogP contribution is -2.16. The Bertz CT molecular complexity index is 546. The van der Waals surface area contributed by atoms with E-state index in [1.807, 2.05) is 32.2 Å². The van der Waals surface area contributed by atoms with Crippen LogP contribution in [-0.2, 0) is 7.05 Å². The molecule has 1 aromatic carbocycles. The van der Waals surface area contributed by atoms with E-state index >= 15 is 0 Å². The second-order valence-corrected chi connectivity index (χ2v) is 5.06. The predicted molar refractivity (Wildman–Crippen MR) is 74.7 cm³/mol. The van der Waals surface area contributed by atoms with Gasteiger partial charge in [0, 0.05) is 7.05 Å². The van der Waals surface area contributed by atoms with Gasteiger partial charge < -0.3 is 10.5 Å². The van der Waals surface area contributed by atoms with E-state index in [0.29, 0.717) is 0 Å². The minimum atomic E-state index is -0.235. The Kier molecular flexibility index (Phi) is 3.73. The zero-order valence-corrected chi connectivity index (χ0v) is 12.2. The summed E-state index contributed by atoms with van der Waals surface area (Å²) in [5.74, 6) is 0.848. The topological polar surface area (TPSA) is 53.1 Å². The van der Waals surface area contributed by atoms with Crippen molar-refractivity contribution in [3.8, 4) is 5.75 Å². The molecule has 0 saturated carbocycles. The van der Waals surface area contributed by atoms with Crippen LogP contribution in [0, 0.1) is 6.92 Å². The van der Waals surface area contributed by atoms with Crippen LogP contribution >= 0.6 is 15.9 Å². The lowest BCUT2D eigenvalue weighted by molar-refractivity contribution is 0.411. The second kappa shape index (κ2) is 5.12. The second-order valence-electron chi connectivity index (χ2n) is 4.21. The van der Waals surface area contributed by atoms with Gasteiger partial charge in [0.15, 0.2) is 0 Å². The Balaban J connectivity index is 2.43. The normalized spacial score (nSPS) is 12.5. The first-order valence-electron chi connectivity index (χ1n) is 5.62. The Hall–Kier alpha value is -1.33. The van der Waals surface area contributed by atoms with Gasteiger partial charge in [-0.2, -0.15) is 5.10 Å². The number of benzene rings is 1. The molecule has 4 nitrogen and oxygen atoms in total. The van der Waals surface area contributed by atoms with Crippen LogP contribution in [0.5, 0.6) is 5.75 Å². The lowest BCUT2D eigenvalue weighted by atomic mass is 10.0. The van der Waals surface area contributed by atoms with Gasteiger partial charge in [-0.25, -0.2) is 0 Å². The maximum absolute atomic E-state index is 6.29. The molecule has 0 aliphatic rings. The van der Waals surface area contributed by atoms with Crippen molar-refractivity contribution in [2.75, 3.05) is 7.11 Å². The SMILES string of the molecule is COc1cc(C(N)c2c(Br)cnn2C)ccc1C. The maximum atomic E-state index is 6.29. The van der Waals surface area contributed by atoms with Crippen LogP contribution < -0.4 is 10.5 Å². The van der Waals surface area contributed by atoms with Gasteiger partial charge in [0.1, 0.15) is 5.75 Å². The summed E-state index contributed by atoms with van der Waals surface area (Å²) in [6, 6.07) is 5.76. The number of ether oxygens (including phenoxy) is 1. The monoisotopic (exact) mass is 309 g/mol. The average molecular weight is 310 g/mol. The van der Waals surface area contributed by atoms with Crippen molar-refractivity contribution in [1.29, 1.82) is 0 Å². The Morgan fingerprint density at radius 2 is 2.17 bits per heavy atom. The number of nitrogens with two attached hydrogens (primary N) is 1. The zero-order chi connectivity index (χ0) is 13.3. The van der Waals surface area contributed by atoms with Crippen LogP contribution in [0.25, 0.3) is 0 Å². The molecular formula is C13H16BrN3O. The molecule has 2 aromatic rings. The Morgan fingerprint density at radius 3 is 2.72 bits per heavy atom. The summed E-state index contributed by atoms with van der Waals surface area (Å²) in [7, 11) is 3.54. The van der Waals surface area contributed by atoms with Crippen LogP contribution in [-0.4, -0.2) is 16.9 Å². The van der Waals surface area contributed by atoms with Crippen LogP contribution in [0.4, 0.5) is 0 Å². The highest BCUT2D eigenvalue weighted by molar-refractivity contribution is 9.10. The van der Waals surface area contributed by atoms with E-state index < -0.39 is 0 Å². The molecule has 96 valence electrons. The molecule has 0 spiro atoms. The fourth-order valence-corrected chi connectivity index (χ4v) is 2.55. The summed E-state index contributed by atoms with van der Waals surface area (Å²) in [5, 5.41) is 4.18. The third-order valence-corrected chi connectivity index (χ3v) is 3.63. The molecule has 1 atom stereocenters. The highest BCUT2D eigenvalue weighted by Crippen LogP contribution is 2.29. The summed E-state index contributed by atoms with van der Waals surface area (Å²) in [5.41, 5.74) is 9.33. The van der Waals surface area contributed by atoms with Gasteiger partial charge in [0.05, 0.1) is 29.5 Å². The molecule has 0 radical (unpaired) electrons. The summed E-state index contributed by atoms with van der Waals surface area (Å²) in [4.78, 5) is 0. The molecule has 1 aromatic heterocycles. The standard InChI is InChI=1S/C13H16BrN3O/c1-8-4-5-9(6-11(8)18-3)12(15)13-10(14)7-16-17(13)2/h4-7,12H,15H2,1-3H3. The molecule has 0 amide bonds. The minimum Gasteiger partial charge on any atom is -0.496 e. The molecular weight excluding hydrogens is 294 g/mol. The fraction of sp³-hybridized carbons (Fsp3) is 0.308. The van der Waals surface area contributed by atoms with Gasteiger partial charge in [0.25, 0.3) is 0 Å². The highest BCUT2D eigenvalue weighted by atomic mass is 79.9. The van der Waals surface area contributed by atoms with Gasteiger partial charge in [-0.15, -0.1) is 0 Å². The van der Waals surface area contributed by atoms with Gasteiger partial charge in [-0.3, -0.25) is 4.68 Å². The number of methoxy groups -OCH3 is 1. The molecule has 0 aliphatic heterocycles. The van der Waals surface area contributed by atoms with E-state index in [9.17, 15) is 0 Å². The van der Waals surface area contributed by atoms with Gasteiger partial charge in [-0.05, 0) is 40.0 Å². The predicted octanol–water partition coefficient (Wildman–Crippen LogP) is 2.55. The van der Waals surface area contributed by atoms with E-state index in [1.54, 1.807) is 18.0 Å². The first kappa shape index (κ1) is 13.1. The van der Waals surface area contributed by atoms with Crippen LogP contribution in [0.3, 0.4) is 0 Å². The third kappa shape index (κ3) is 2.28. The number of hydrogen-bond acceptors (Lipinski definition) is 3.